The molecule has 0 bridgehead atoms. The van der Waals surface area contributed by atoms with Gasteiger partial charge in [0.2, 0.25) is 0 Å². The molecule has 0 aliphatic heterocycles. The summed E-state index contributed by atoms with van der Waals surface area (Å²) in [6.45, 7) is 6.18. The molecule has 0 fully saturated rings. The van der Waals surface area contributed by atoms with Crippen molar-refractivity contribution in [2.24, 2.45) is 0 Å². The highest BCUT2D eigenvalue weighted by atomic mass is 18.0. The zero-order valence-corrected chi connectivity index (χ0v) is 7.47. The Kier molecular flexibility index (Phi) is 12.6. The fourth-order valence-corrected chi connectivity index (χ4v) is 0.178. The standard InChI is InChI=1S/C4H6O12/c1-3-5-7-9-11-13-15-16-14-12-10-8-6-4-2/h3-4H,1-2H2. The Morgan fingerprint density at radius 3 is 0.938 bits per heavy atom. The minimum Gasteiger partial charge on any atom is -0.315 e. The lowest BCUT2D eigenvalue weighted by molar-refractivity contribution is -0.861. The molecule has 0 radical (unpaired) electrons. The molecular formula is C4H6O12. The average Bonchev–Trinajstić information content (AvgIpc) is 2.31. The zero-order valence-electron chi connectivity index (χ0n) is 7.47. The highest BCUT2D eigenvalue weighted by Gasteiger charge is 1.96. The summed E-state index contributed by atoms with van der Waals surface area (Å²) in [5.41, 5.74) is 0. The van der Waals surface area contributed by atoms with Gasteiger partial charge in [0.05, 0.1) is 0 Å². The van der Waals surface area contributed by atoms with Gasteiger partial charge in [-0.05, 0) is 0 Å². The van der Waals surface area contributed by atoms with E-state index >= 15 is 0 Å². The molecule has 0 unspecified atom stereocenters. The van der Waals surface area contributed by atoms with Gasteiger partial charge in [-0.25, -0.2) is 0 Å². The topological polar surface area (TPSA) is 111 Å². The fraction of sp³-hybridized carbons (Fsp3) is 0. The van der Waals surface area contributed by atoms with Crippen LogP contribution in [0, 0.1) is 0 Å². The molecule has 0 aromatic carbocycles. The summed E-state index contributed by atoms with van der Waals surface area (Å²) in [4.78, 5) is 7.88. The van der Waals surface area contributed by atoms with E-state index in [0.29, 0.717) is 0 Å². The van der Waals surface area contributed by atoms with Crippen molar-refractivity contribution >= 4 is 0 Å². The smallest absolute Gasteiger partial charge is 0.125 e. The second-order valence-corrected chi connectivity index (χ2v) is 1.21. The fourth-order valence-electron chi connectivity index (χ4n) is 0.178. The van der Waals surface area contributed by atoms with Crippen LogP contribution in [0.25, 0.3) is 0 Å². The van der Waals surface area contributed by atoms with Crippen LogP contribution in [0.15, 0.2) is 25.7 Å². The summed E-state index contributed by atoms with van der Waals surface area (Å²) < 4.78 is 0. The van der Waals surface area contributed by atoms with Gasteiger partial charge in [0.1, 0.15) is 12.5 Å². The number of rotatable bonds is 13. The van der Waals surface area contributed by atoms with Gasteiger partial charge >= 0.3 is 0 Å². The van der Waals surface area contributed by atoms with Gasteiger partial charge in [0.15, 0.2) is 0 Å². The molecule has 12 heteroatoms. The third-order valence-corrected chi connectivity index (χ3v) is 0.465. The molecule has 0 aromatic rings. The van der Waals surface area contributed by atoms with Gasteiger partial charge in [0.25, 0.3) is 0 Å². The molecule has 0 aliphatic carbocycles. The number of hydrogen-bond donors (Lipinski definition) is 0. The monoisotopic (exact) mass is 246 g/mol. The van der Waals surface area contributed by atoms with Crippen LogP contribution in [0.3, 0.4) is 0 Å². The van der Waals surface area contributed by atoms with Crippen molar-refractivity contribution in [1.82, 2.24) is 0 Å². The Hall–Kier alpha value is -1.32. The van der Waals surface area contributed by atoms with Crippen LogP contribution in [0.5, 0.6) is 0 Å². The predicted octanol–water partition coefficient (Wildman–Crippen LogP) is 0.538. The van der Waals surface area contributed by atoms with E-state index in [2.05, 4.69) is 73.3 Å². The van der Waals surface area contributed by atoms with E-state index in [-0.39, 0.29) is 0 Å². The summed E-state index contributed by atoms with van der Waals surface area (Å²) in [5, 5.41) is 36.2. The van der Waals surface area contributed by atoms with E-state index in [4.69, 9.17) is 0 Å². The van der Waals surface area contributed by atoms with Gasteiger partial charge in [0, 0.05) is 50.4 Å². The van der Waals surface area contributed by atoms with Crippen LogP contribution in [-0.4, -0.2) is 0 Å². The maximum Gasteiger partial charge on any atom is 0.125 e. The molecule has 0 aliphatic rings. The first-order chi connectivity index (χ1) is 7.91. The minimum atomic E-state index is 0.889. The molecule has 0 heterocycles. The lowest BCUT2D eigenvalue weighted by Gasteiger charge is -1.98. The molecule has 0 N–H and O–H groups in total. The van der Waals surface area contributed by atoms with Crippen LogP contribution < -0.4 is 0 Å². The summed E-state index contributed by atoms with van der Waals surface area (Å²) in [7, 11) is 0. The Labute approximate surface area is 87.0 Å². The van der Waals surface area contributed by atoms with Crippen LogP contribution in [0.4, 0.5) is 0 Å². The lowest BCUT2D eigenvalue weighted by Crippen LogP contribution is -2.02. The summed E-state index contributed by atoms with van der Waals surface area (Å²) in [5.74, 6) is 0. The Bertz CT molecular complexity index is 141. The average molecular weight is 246 g/mol. The van der Waals surface area contributed by atoms with Gasteiger partial charge < -0.3 is 9.78 Å². The molecule has 0 rings (SSSR count). The Balaban J connectivity index is 2.87. The minimum absolute atomic E-state index is 0.889. The van der Waals surface area contributed by atoms with Crippen molar-refractivity contribution in [3.05, 3.63) is 25.7 Å². The van der Waals surface area contributed by atoms with E-state index in [0.717, 1.165) is 12.5 Å². The zero-order chi connectivity index (χ0) is 11.9. The van der Waals surface area contributed by atoms with Crippen molar-refractivity contribution in [1.29, 1.82) is 0 Å². The van der Waals surface area contributed by atoms with Crippen LogP contribution in [0.2, 0.25) is 0 Å². The molecule has 16 heavy (non-hydrogen) atoms. The molecule has 0 spiro atoms. The van der Waals surface area contributed by atoms with E-state index < -0.39 is 0 Å². The first kappa shape index (κ1) is 14.7. The summed E-state index contributed by atoms with van der Waals surface area (Å²) in [6, 6.07) is 0. The molecule has 0 saturated heterocycles. The molecule has 0 saturated carbocycles. The van der Waals surface area contributed by atoms with Crippen LogP contribution in [-0.2, 0) is 60.2 Å². The first-order valence-corrected chi connectivity index (χ1v) is 3.12. The largest absolute Gasteiger partial charge is 0.315 e. The summed E-state index contributed by atoms with van der Waals surface area (Å²) in [6.07, 6.45) is 1.78. The molecule has 0 atom stereocenters. The molecule has 94 valence electrons. The quantitative estimate of drug-likeness (QED) is 0.195. The predicted molar refractivity (Wildman–Crippen MR) is 33.4 cm³/mol. The Morgan fingerprint density at radius 1 is 0.438 bits per heavy atom. The van der Waals surface area contributed by atoms with E-state index in [1.807, 2.05) is 0 Å². The highest BCUT2D eigenvalue weighted by molar-refractivity contribution is 4.41. The van der Waals surface area contributed by atoms with Gasteiger partial charge in [-0.2, -0.15) is 0 Å². The number of hydrogen-bond acceptors (Lipinski definition) is 12. The summed E-state index contributed by atoms with van der Waals surface area (Å²) >= 11 is 0. The maximum atomic E-state index is 3.94. The van der Waals surface area contributed by atoms with Crippen LogP contribution in [0.1, 0.15) is 0 Å². The first-order valence-electron chi connectivity index (χ1n) is 3.12. The Morgan fingerprint density at radius 2 is 0.688 bits per heavy atom. The normalized spacial score (nSPS) is 9.75. The molecule has 12 nitrogen and oxygen atoms in total. The molecular weight excluding hydrogens is 240 g/mol. The van der Waals surface area contributed by atoms with Crippen molar-refractivity contribution in [3.8, 4) is 0 Å². The highest BCUT2D eigenvalue weighted by Crippen LogP contribution is 1.91. The van der Waals surface area contributed by atoms with Gasteiger partial charge in [-0.3, -0.25) is 0 Å². The third-order valence-electron chi connectivity index (χ3n) is 0.465. The van der Waals surface area contributed by atoms with Crippen molar-refractivity contribution in [2.45, 2.75) is 0 Å². The van der Waals surface area contributed by atoms with Crippen molar-refractivity contribution < 1.29 is 60.2 Å². The molecule has 0 aromatic heterocycles. The lowest BCUT2D eigenvalue weighted by atomic mass is 11.2. The van der Waals surface area contributed by atoms with Crippen LogP contribution >= 0.6 is 0 Å². The SMILES string of the molecule is C=COOOOOOOOOOOOC=C. The van der Waals surface area contributed by atoms with E-state index in [9.17, 15) is 0 Å². The molecule has 0 amide bonds. The van der Waals surface area contributed by atoms with Gasteiger partial charge in [-0.1, -0.05) is 13.2 Å². The van der Waals surface area contributed by atoms with Gasteiger partial charge in [-0.15, -0.1) is 0 Å². The van der Waals surface area contributed by atoms with E-state index in [1.165, 1.54) is 0 Å². The van der Waals surface area contributed by atoms with E-state index in [1.54, 1.807) is 0 Å². The second kappa shape index (κ2) is 13.7. The van der Waals surface area contributed by atoms with Crippen molar-refractivity contribution in [3.63, 3.8) is 0 Å². The maximum absolute atomic E-state index is 3.94. The second-order valence-electron chi connectivity index (χ2n) is 1.21. The third kappa shape index (κ3) is 12.7. The van der Waals surface area contributed by atoms with Crippen molar-refractivity contribution in [2.75, 3.05) is 0 Å².